The molecule has 0 aliphatic heterocycles. The molecule has 0 rings (SSSR count). The summed E-state index contributed by atoms with van der Waals surface area (Å²) in [7, 11) is 0. The Labute approximate surface area is 129 Å². The van der Waals surface area contributed by atoms with E-state index in [0.29, 0.717) is 11.8 Å². The largest absolute Gasteiger partial charge is 0.387 e. The van der Waals surface area contributed by atoms with Crippen LogP contribution in [0.1, 0.15) is 47.0 Å². The van der Waals surface area contributed by atoms with Gasteiger partial charge in [-0.3, -0.25) is 0 Å². The van der Waals surface area contributed by atoms with Gasteiger partial charge in [0.05, 0.1) is 12.1 Å². The molecular formula is C17H28N4. The van der Waals surface area contributed by atoms with Crippen molar-refractivity contribution in [2.45, 2.75) is 47.0 Å². The van der Waals surface area contributed by atoms with Gasteiger partial charge >= 0.3 is 0 Å². The minimum Gasteiger partial charge on any atom is -0.387 e. The van der Waals surface area contributed by atoms with Gasteiger partial charge in [-0.1, -0.05) is 27.7 Å². The van der Waals surface area contributed by atoms with Crippen LogP contribution in [0, 0.1) is 34.5 Å². The van der Waals surface area contributed by atoms with Gasteiger partial charge in [0.1, 0.15) is 0 Å². The van der Waals surface area contributed by atoms with Crippen molar-refractivity contribution in [3.63, 3.8) is 0 Å². The molecule has 0 radical (unpaired) electrons. The van der Waals surface area contributed by atoms with Crippen molar-refractivity contribution in [3.8, 4) is 12.1 Å². The van der Waals surface area contributed by atoms with Crippen LogP contribution in [0.15, 0.2) is 23.5 Å². The molecule has 0 aromatic carbocycles. The van der Waals surface area contributed by atoms with Crippen LogP contribution in [0.25, 0.3) is 0 Å². The molecule has 0 aliphatic rings. The van der Waals surface area contributed by atoms with Crippen molar-refractivity contribution in [3.05, 3.63) is 23.5 Å². The summed E-state index contributed by atoms with van der Waals surface area (Å²) >= 11 is 0. The smallest absolute Gasteiger partial charge is 0.0930 e. The minimum absolute atomic E-state index is 0.381. The molecule has 0 fully saturated rings. The molecule has 116 valence electrons. The second kappa shape index (κ2) is 11.9. The molecule has 2 N–H and O–H groups in total. The van der Waals surface area contributed by atoms with E-state index in [0.717, 1.165) is 43.7 Å². The van der Waals surface area contributed by atoms with Crippen LogP contribution in [0.5, 0.6) is 0 Å². The Morgan fingerprint density at radius 2 is 1.29 bits per heavy atom. The molecule has 4 nitrogen and oxygen atoms in total. The lowest BCUT2D eigenvalue weighted by molar-refractivity contribution is 0.552. The summed E-state index contributed by atoms with van der Waals surface area (Å²) in [5, 5.41) is 24.2. The lowest BCUT2D eigenvalue weighted by atomic mass is 10.0. The predicted octanol–water partition coefficient (Wildman–Crippen LogP) is 3.46. The van der Waals surface area contributed by atoms with Gasteiger partial charge < -0.3 is 10.6 Å². The Bertz CT molecular complexity index is 383. The lowest BCUT2D eigenvalue weighted by Crippen LogP contribution is -2.25. The van der Waals surface area contributed by atoms with Gasteiger partial charge in [0.15, 0.2) is 0 Å². The van der Waals surface area contributed by atoms with Crippen molar-refractivity contribution in [2.75, 3.05) is 13.1 Å². The second-order valence-electron chi connectivity index (χ2n) is 5.28. The molecule has 2 atom stereocenters. The number of nitrogens with one attached hydrogen (secondary N) is 2. The van der Waals surface area contributed by atoms with Gasteiger partial charge in [0, 0.05) is 36.6 Å². The van der Waals surface area contributed by atoms with E-state index in [-0.39, 0.29) is 0 Å². The molecule has 2 unspecified atom stereocenters. The average Bonchev–Trinajstić information content (AvgIpc) is 2.50. The van der Waals surface area contributed by atoms with E-state index >= 15 is 0 Å². The van der Waals surface area contributed by atoms with Crippen molar-refractivity contribution in [1.82, 2.24) is 10.6 Å². The zero-order chi connectivity index (χ0) is 16.1. The highest BCUT2D eigenvalue weighted by atomic mass is 14.9. The third-order valence-electron chi connectivity index (χ3n) is 3.74. The first kappa shape index (κ1) is 19.1. The summed E-state index contributed by atoms with van der Waals surface area (Å²) in [6.07, 6.45) is 6.17. The van der Waals surface area contributed by atoms with Crippen LogP contribution in [0.4, 0.5) is 0 Å². The molecule has 0 aromatic heterocycles. The van der Waals surface area contributed by atoms with Crippen LogP contribution in [-0.4, -0.2) is 13.1 Å². The van der Waals surface area contributed by atoms with E-state index in [1.54, 1.807) is 12.2 Å². The topological polar surface area (TPSA) is 71.6 Å². The van der Waals surface area contributed by atoms with Crippen molar-refractivity contribution < 1.29 is 0 Å². The SMILES string of the molecule is CCC(C)C(=CC#N)NCCCNC(=CC#N)C(C)CC. The standard InChI is InChI=1S/C17H28N4/c1-5-14(3)16(8-10-18)20-12-7-13-21-17(9-11-19)15(4)6-2/h8-9,14-15,20-21H,5-7,12-13H2,1-4H3. The molecule has 0 saturated carbocycles. The minimum atomic E-state index is 0.381. The van der Waals surface area contributed by atoms with Crippen molar-refractivity contribution in [1.29, 1.82) is 10.5 Å². The molecule has 0 bridgehead atoms. The Kier molecular flexibility index (Phi) is 10.8. The highest BCUT2D eigenvalue weighted by Gasteiger charge is 2.07. The molecule has 0 amide bonds. The van der Waals surface area contributed by atoms with E-state index in [1.807, 2.05) is 0 Å². The number of nitriles is 2. The Morgan fingerprint density at radius 3 is 1.57 bits per heavy atom. The summed E-state index contributed by atoms with van der Waals surface area (Å²) in [5.74, 6) is 0.763. The first-order valence-corrected chi connectivity index (χ1v) is 7.77. The quantitative estimate of drug-likeness (QED) is 0.477. The van der Waals surface area contributed by atoms with E-state index < -0.39 is 0 Å². The molecule has 4 heteroatoms. The summed E-state index contributed by atoms with van der Waals surface area (Å²) in [5.41, 5.74) is 2.02. The number of allylic oxidation sites excluding steroid dienone is 4. The third kappa shape index (κ3) is 8.05. The van der Waals surface area contributed by atoms with Crippen LogP contribution < -0.4 is 10.6 Å². The zero-order valence-electron chi connectivity index (χ0n) is 13.7. The molecule has 0 aliphatic carbocycles. The molecular weight excluding hydrogens is 260 g/mol. The summed E-state index contributed by atoms with van der Waals surface area (Å²) < 4.78 is 0. The lowest BCUT2D eigenvalue weighted by Gasteiger charge is -2.18. The van der Waals surface area contributed by atoms with Crippen LogP contribution >= 0.6 is 0 Å². The van der Waals surface area contributed by atoms with Crippen molar-refractivity contribution in [2.24, 2.45) is 11.8 Å². The van der Waals surface area contributed by atoms with E-state index in [2.05, 4.69) is 50.5 Å². The second-order valence-corrected chi connectivity index (χ2v) is 5.28. The van der Waals surface area contributed by atoms with Crippen molar-refractivity contribution >= 4 is 0 Å². The first-order chi connectivity index (χ1) is 10.1. The van der Waals surface area contributed by atoms with Gasteiger partial charge in [0.25, 0.3) is 0 Å². The maximum atomic E-state index is 8.79. The summed E-state index contributed by atoms with van der Waals surface area (Å²) in [6, 6.07) is 4.19. The number of nitrogens with zero attached hydrogens (tertiary/aromatic N) is 2. The van der Waals surface area contributed by atoms with Gasteiger partial charge in [0.2, 0.25) is 0 Å². The summed E-state index contributed by atoms with van der Waals surface area (Å²) in [6.45, 7) is 10.1. The van der Waals surface area contributed by atoms with Gasteiger partial charge in [-0.05, 0) is 31.1 Å². The van der Waals surface area contributed by atoms with Crippen LogP contribution in [-0.2, 0) is 0 Å². The van der Waals surface area contributed by atoms with Gasteiger partial charge in [-0.2, -0.15) is 10.5 Å². The van der Waals surface area contributed by atoms with E-state index in [9.17, 15) is 0 Å². The number of hydrogen-bond donors (Lipinski definition) is 2. The molecule has 21 heavy (non-hydrogen) atoms. The van der Waals surface area contributed by atoms with Crippen LogP contribution in [0.3, 0.4) is 0 Å². The average molecular weight is 288 g/mol. The Hall–Kier alpha value is -1.94. The molecule has 0 saturated heterocycles. The van der Waals surface area contributed by atoms with E-state index in [1.165, 1.54) is 0 Å². The Morgan fingerprint density at radius 1 is 0.905 bits per heavy atom. The highest BCUT2D eigenvalue weighted by Crippen LogP contribution is 2.12. The molecule has 0 spiro atoms. The monoisotopic (exact) mass is 288 g/mol. The maximum absolute atomic E-state index is 8.79. The molecule has 0 aromatic rings. The fraction of sp³-hybridized carbons (Fsp3) is 0.647. The normalized spacial score (nSPS) is 14.8. The number of rotatable bonds is 10. The predicted molar refractivity (Wildman–Crippen MR) is 86.9 cm³/mol. The number of hydrogen-bond acceptors (Lipinski definition) is 4. The van der Waals surface area contributed by atoms with Crippen LogP contribution in [0.2, 0.25) is 0 Å². The van der Waals surface area contributed by atoms with E-state index in [4.69, 9.17) is 10.5 Å². The maximum Gasteiger partial charge on any atom is 0.0930 e. The zero-order valence-corrected chi connectivity index (χ0v) is 13.7. The Balaban J connectivity index is 4.16. The summed E-state index contributed by atoms with van der Waals surface area (Å²) in [4.78, 5) is 0. The fourth-order valence-corrected chi connectivity index (χ4v) is 1.87. The fourth-order valence-electron chi connectivity index (χ4n) is 1.87. The van der Waals surface area contributed by atoms with Gasteiger partial charge in [-0.15, -0.1) is 0 Å². The highest BCUT2D eigenvalue weighted by molar-refractivity contribution is 5.15. The first-order valence-electron chi connectivity index (χ1n) is 7.77. The van der Waals surface area contributed by atoms with Gasteiger partial charge in [-0.25, -0.2) is 0 Å². The third-order valence-corrected chi connectivity index (χ3v) is 3.74. The molecule has 0 heterocycles.